The molecule has 0 saturated carbocycles. The molecule has 0 spiro atoms. The average Bonchev–Trinajstić information content (AvgIpc) is 2.62. The Morgan fingerprint density at radius 3 is 2.50 bits per heavy atom. The van der Waals surface area contributed by atoms with E-state index in [1.54, 1.807) is 0 Å². The molecule has 1 fully saturated rings. The zero-order valence-corrected chi connectivity index (χ0v) is 9.79. The topological polar surface area (TPSA) is 41.1 Å². The quantitative estimate of drug-likeness (QED) is 0.809. The predicted octanol–water partition coefficient (Wildman–Crippen LogP) is 1.60. The van der Waals surface area contributed by atoms with E-state index in [0.29, 0.717) is 12.5 Å². The van der Waals surface area contributed by atoms with Gasteiger partial charge in [-0.05, 0) is 17.9 Å². The number of rotatable bonds is 3. The summed E-state index contributed by atoms with van der Waals surface area (Å²) < 4.78 is 0. The summed E-state index contributed by atoms with van der Waals surface area (Å²) in [5, 5.41) is 6.37. The highest BCUT2D eigenvalue weighted by atomic mass is 16.2. The SMILES string of the molecule is CC(C)CC1(c2ccccc2)NCC(=O)N1. The van der Waals surface area contributed by atoms with Crippen molar-refractivity contribution in [2.24, 2.45) is 5.92 Å². The van der Waals surface area contributed by atoms with Gasteiger partial charge in [0.05, 0.1) is 6.54 Å². The molecule has 1 saturated heterocycles. The van der Waals surface area contributed by atoms with Crippen LogP contribution in [-0.2, 0) is 10.5 Å². The van der Waals surface area contributed by atoms with Gasteiger partial charge in [-0.3, -0.25) is 10.1 Å². The van der Waals surface area contributed by atoms with Crippen LogP contribution in [0, 0.1) is 5.92 Å². The number of benzene rings is 1. The van der Waals surface area contributed by atoms with Gasteiger partial charge in [0.25, 0.3) is 0 Å². The molecule has 2 N–H and O–H groups in total. The maximum absolute atomic E-state index is 11.4. The zero-order chi connectivity index (χ0) is 11.6. The van der Waals surface area contributed by atoms with E-state index in [4.69, 9.17) is 0 Å². The summed E-state index contributed by atoms with van der Waals surface area (Å²) in [6, 6.07) is 10.1. The van der Waals surface area contributed by atoms with E-state index in [-0.39, 0.29) is 11.6 Å². The smallest absolute Gasteiger partial charge is 0.235 e. The van der Waals surface area contributed by atoms with Gasteiger partial charge in [-0.2, -0.15) is 0 Å². The zero-order valence-electron chi connectivity index (χ0n) is 9.79. The number of carbonyl (C=O) groups excluding carboxylic acids is 1. The van der Waals surface area contributed by atoms with Crippen LogP contribution in [0.4, 0.5) is 0 Å². The normalized spacial score (nSPS) is 24.8. The number of hydrogen-bond acceptors (Lipinski definition) is 2. The van der Waals surface area contributed by atoms with Crippen molar-refractivity contribution >= 4 is 5.91 Å². The van der Waals surface area contributed by atoms with E-state index in [2.05, 4.69) is 36.6 Å². The fourth-order valence-corrected chi connectivity index (χ4v) is 2.31. The van der Waals surface area contributed by atoms with Crippen molar-refractivity contribution in [1.29, 1.82) is 0 Å². The van der Waals surface area contributed by atoms with Gasteiger partial charge in [0.15, 0.2) is 0 Å². The molecule has 1 atom stereocenters. The molecule has 1 aliphatic rings. The summed E-state index contributed by atoms with van der Waals surface area (Å²) in [6.07, 6.45) is 0.906. The van der Waals surface area contributed by atoms with Crippen LogP contribution in [0.3, 0.4) is 0 Å². The molecule has 3 heteroatoms. The maximum atomic E-state index is 11.4. The molecule has 1 unspecified atom stereocenters. The molecule has 1 aliphatic heterocycles. The van der Waals surface area contributed by atoms with Gasteiger partial charge in [0.2, 0.25) is 5.91 Å². The molecule has 3 nitrogen and oxygen atoms in total. The largest absolute Gasteiger partial charge is 0.333 e. The van der Waals surface area contributed by atoms with Crippen molar-refractivity contribution in [1.82, 2.24) is 10.6 Å². The van der Waals surface area contributed by atoms with Crippen LogP contribution < -0.4 is 10.6 Å². The highest BCUT2D eigenvalue weighted by molar-refractivity contribution is 5.81. The van der Waals surface area contributed by atoms with E-state index in [0.717, 1.165) is 12.0 Å². The Morgan fingerprint density at radius 1 is 1.31 bits per heavy atom. The maximum Gasteiger partial charge on any atom is 0.235 e. The number of carbonyl (C=O) groups is 1. The standard InChI is InChI=1S/C13H18N2O/c1-10(2)8-13(14-9-12(16)15-13)11-6-4-3-5-7-11/h3-7,10,14H,8-9H2,1-2H3,(H,15,16). The van der Waals surface area contributed by atoms with Crippen LogP contribution in [0.25, 0.3) is 0 Å². The molecule has 0 radical (unpaired) electrons. The summed E-state index contributed by atoms with van der Waals surface area (Å²) in [6.45, 7) is 4.73. The van der Waals surface area contributed by atoms with Crippen molar-refractivity contribution in [2.45, 2.75) is 25.9 Å². The van der Waals surface area contributed by atoms with Crippen molar-refractivity contribution < 1.29 is 4.79 Å². The minimum Gasteiger partial charge on any atom is -0.333 e. The second-order valence-corrected chi connectivity index (χ2v) is 4.77. The van der Waals surface area contributed by atoms with E-state index >= 15 is 0 Å². The van der Waals surface area contributed by atoms with Crippen molar-refractivity contribution in [2.75, 3.05) is 6.54 Å². The summed E-state index contributed by atoms with van der Waals surface area (Å²) in [7, 11) is 0. The van der Waals surface area contributed by atoms with Gasteiger partial charge in [0, 0.05) is 0 Å². The molecule has 1 heterocycles. The second kappa shape index (κ2) is 4.26. The van der Waals surface area contributed by atoms with Gasteiger partial charge in [0.1, 0.15) is 5.66 Å². The summed E-state index contributed by atoms with van der Waals surface area (Å²) in [5.74, 6) is 0.593. The van der Waals surface area contributed by atoms with E-state index in [9.17, 15) is 4.79 Å². The Labute approximate surface area is 96.2 Å². The van der Waals surface area contributed by atoms with Crippen molar-refractivity contribution in [3.63, 3.8) is 0 Å². The highest BCUT2D eigenvalue weighted by Gasteiger charge is 2.38. The first-order valence-electron chi connectivity index (χ1n) is 5.74. The van der Waals surface area contributed by atoms with Crippen molar-refractivity contribution in [3.8, 4) is 0 Å². The monoisotopic (exact) mass is 218 g/mol. The Kier molecular flexibility index (Phi) is 2.97. The molecule has 0 aromatic heterocycles. The number of nitrogens with one attached hydrogen (secondary N) is 2. The van der Waals surface area contributed by atoms with Crippen LogP contribution >= 0.6 is 0 Å². The van der Waals surface area contributed by atoms with Crippen LogP contribution in [0.1, 0.15) is 25.8 Å². The molecule has 2 rings (SSSR count). The van der Waals surface area contributed by atoms with E-state index in [1.807, 2.05) is 18.2 Å². The highest BCUT2D eigenvalue weighted by Crippen LogP contribution is 2.28. The summed E-state index contributed by atoms with van der Waals surface area (Å²) in [5.41, 5.74) is 0.765. The Balaban J connectivity index is 2.32. The van der Waals surface area contributed by atoms with E-state index < -0.39 is 0 Å². The number of amides is 1. The lowest BCUT2D eigenvalue weighted by atomic mass is 9.91. The molecule has 86 valence electrons. The Hall–Kier alpha value is -1.35. The lowest BCUT2D eigenvalue weighted by Gasteiger charge is -2.31. The van der Waals surface area contributed by atoms with Crippen molar-refractivity contribution in [3.05, 3.63) is 35.9 Å². The molecule has 16 heavy (non-hydrogen) atoms. The first-order chi connectivity index (χ1) is 7.62. The van der Waals surface area contributed by atoms with Crippen LogP contribution in [0.2, 0.25) is 0 Å². The average molecular weight is 218 g/mol. The molecule has 0 bridgehead atoms. The van der Waals surface area contributed by atoms with Gasteiger partial charge in [-0.15, -0.1) is 0 Å². The fraction of sp³-hybridized carbons (Fsp3) is 0.462. The third-order valence-corrected chi connectivity index (χ3v) is 2.88. The number of hydrogen-bond donors (Lipinski definition) is 2. The second-order valence-electron chi connectivity index (χ2n) is 4.77. The van der Waals surface area contributed by atoms with Gasteiger partial charge in [-0.25, -0.2) is 0 Å². The lowest BCUT2D eigenvalue weighted by molar-refractivity contribution is -0.119. The molecule has 1 aromatic carbocycles. The van der Waals surface area contributed by atoms with Gasteiger partial charge < -0.3 is 5.32 Å². The van der Waals surface area contributed by atoms with E-state index in [1.165, 1.54) is 0 Å². The fourth-order valence-electron chi connectivity index (χ4n) is 2.31. The first-order valence-corrected chi connectivity index (χ1v) is 5.74. The summed E-state index contributed by atoms with van der Waals surface area (Å²) in [4.78, 5) is 11.4. The molecular formula is C13H18N2O. The van der Waals surface area contributed by atoms with Gasteiger partial charge in [-0.1, -0.05) is 44.2 Å². The summed E-state index contributed by atoms with van der Waals surface area (Å²) >= 11 is 0. The first kappa shape index (κ1) is 11.1. The molecule has 0 aliphatic carbocycles. The van der Waals surface area contributed by atoms with Crippen LogP contribution in [-0.4, -0.2) is 12.5 Å². The van der Waals surface area contributed by atoms with Crippen LogP contribution in [0.5, 0.6) is 0 Å². The lowest BCUT2D eigenvalue weighted by Crippen LogP contribution is -2.47. The Morgan fingerprint density at radius 2 is 2.00 bits per heavy atom. The van der Waals surface area contributed by atoms with Gasteiger partial charge >= 0.3 is 0 Å². The van der Waals surface area contributed by atoms with Crippen LogP contribution in [0.15, 0.2) is 30.3 Å². The minimum absolute atomic E-state index is 0.0736. The third-order valence-electron chi connectivity index (χ3n) is 2.88. The third kappa shape index (κ3) is 2.09. The Bertz CT molecular complexity index is 375. The minimum atomic E-state index is -0.369. The predicted molar refractivity (Wildman–Crippen MR) is 63.7 cm³/mol. The molecular weight excluding hydrogens is 200 g/mol. The molecule has 1 amide bonds. The molecule has 1 aromatic rings.